The van der Waals surface area contributed by atoms with Gasteiger partial charge in [-0.05, 0) is 45.9 Å². The van der Waals surface area contributed by atoms with Crippen molar-refractivity contribution in [3.05, 3.63) is 11.8 Å². The van der Waals surface area contributed by atoms with Crippen molar-refractivity contribution in [1.29, 1.82) is 0 Å². The fraction of sp³-hybridized carbons (Fsp3) is 0.880. The Morgan fingerprint density at radius 3 is 2.56 bits per heavy atom. The number of ether oxygens (including phenoxy) is 4. The molecule has 16 heteroatoms. The zero-order valence-electron chi connectivity index (χ0n) is 23.6. The fourth-order valence-corrected chi connectivity index (χ4v) is 5.38. The minimum atomic E-state index is -1.46. The Kier molecular flexibility index (Phi) is 12.7. The molecule has 1 unspecified atom stereocenters. The van der Waals surface area contributed by atoms with Crippen LogP contribution in [0.1, 0.15) is 26.2 Å². The van der Waals surface area contributed by atoms with Gasteiger partial charge < -0.3 is 77.6 Å². The zero-order chi connectivity index (χ0) is 30.3. The van der Waals surface area contributed by atoms with Crippen LogP contribution in [0.2, 0.25) is 0 Å². The summed E-state index contributed by atoms with van der Waals surface area (Å²) in [4.78, 5) is 12.7. The van der Waals surface area contributed by atoms with E-state index < -0.39 is 78.8 Å². The molecule has 16 nitrogen and oxygen atoms in total. The number of hydrogen-bond donors (Lipinski definition) is 11. The molecule has 0 bridgehead atoms. The molecule has 1 saturated heterocycles. The molecule has 0 aromatic heterocycles. The molecule has 0 aromatic rings. The molecular weight excluding hydrogens is 544 g/mol. The second-order valence-corrected chi connectivity index (χ2v) is 11.0. The van der Waals surface area contributed by atoms with Crippen molar-refractivity contribution >= 4 is 5.91 Å². The summed E-state index contributed by atoms with van der Waals surface area (Å²) in [7, 11) is 1.57. The van der Waals surface area contributed by atoms with Gasteiger partial charge in [-0.1, -0.05) is 0 Å². The summed E-state index contributed by atoms with van der Waals surface area (Å²) in [6.45, 7) is 2.07. The van der Waals surface area contributed by atoms with Crippen LogP contribution in [0.15, 0.2) is 11.8 Å². The second-order valence-electron chi connectivity index (χ2n) is 11.0. The number of nitrogens with two attached hydrogens (primary N) is 3. The summed E-state index contributed by atoms with van der Waals surface area (Å²) in [5.74, 6) is -0.170. The monoisotopic (exact) mass is 592 g/mol. The van der Waals surface area contributed by atoms with Crippen LogP contribution in [0.3, 0.4) is 0 Å². The lowest BCUT2D eigenvalue weighted by Crippen LogP contribution is -2.69. The van der Waals surface area contributed by atoms with Crippen LogP contribution < -0.4 is 33.2 Å². The van der Waals surface area contributed by atoms with Gasteiger partial charge in [-0.15, -0.1) is 0 Å². The van der Waals surface area contributed by atoms with Crippen LogP contribution in [-0.2, 0) is 23.7 Å². The van der Waals surface area contributed by atoms with E-state index in [9.17, 15) is 25.2 Å². The minimum Gasteiger partial charge on any atom is -0.467 e. The third-order valence-electron chi connectivity index (χ3n) is 7.63. The lowest BCUT2D eigenvalue weighted by Gasteiger charge is -2.48. The molecule has 14 N–H and O–H groups in total. The first-order chi connectivity index (χ1) is 19.4. The molecule has 3 aliphatic rings. The highest BCUT2D eigenvalue weighted by molar-refractivity contribution is 5.80. The maximum atomic E-state index is 12.7. The Hall–Kier alpha value is -1.51. The third-order valence-corrected chi connectivity index (χ3v) is 7.63. The van der Waals surface area contributed by atoms with E-state index in [-0.39, 0.29) is 32.6 Å². The van der Waals surface area contributed by atoms with Crippen molar-refractivity contribution < 1.29 is 49.3 Å². The molecule has 238 valence electrons. The van der Waals surface area contributed by atoms with Crippen LogP contribution in [0, 0.1) is 0 Å². The number of aliphatic hydroxyl groups excluding tert-OH is 4. The van der Waals surface area contributed by atoms with E-state index in [0.717, 1.165) is 0 Å². The van der Waals surface area contributed by atoms with E-state index in [1.807, 2.05) is 6.08 Å². The normalized spacial score (nSPS) is 40.4. The van der Waals surface area contributed by atoms with E-state index in [0.29, 0.717) is 25.3 Å². The van der Waals surface area contributed by atoms with Crippen molar-refractivity contribution in [2.75, 3.05) is 39.9 Å². The van der Waals surface area contributed by atoms with Gasteiger partial charge in [0, 0.05) is 12.6 Å². The van der Waals surface area contributed by atoms with Crippen LogP contribution in [0.4, 0.5) is 0 Å². The van der Waals surface area contributed by atoms with Crippen LogP contribution in [0.25, 0.3) is 0 Å². The average molecular weight is 593 g/mol. The van der Waals surface area contributed by atoms with Gasteiger partial charge in [0.25, 0.3) is 0 Å². The molecule has 2 aliphatic heterocycles. The van der Waals surface area contributed by atoms with Gasteiger partial charge in [0.1, 0.15) is 41.9 Å². The Balaban J connectivity index is 1.79. The lowest BCUT2D eigenvalue weighted by atomic mass is 9.83. The van der Waals surface area contributed by atoms with Gasteiger partial charge in [0.05, 0.1) is 37.9 Å². The summed E-state index contributed by atoms with van der Waals surface area (Å²) >= 11 is 0. The molecule has 0 spiro atoms. The molecule has 1 aliphatic carbocycles. The smallest absolute Gasteiger partial charge is 0.249 e. The average Bonchev–Trinajstić information content (AvgIpc) is 2.91. The molecule has 12 atom stereocenters. The predicted octanol–water partition coefficient (Wildman–Crippen LogP) is -5.36. The molecule has 2 fully saturated rings. The standard InChI is InChI=1S/C25H48N6O10/c1-25(37)11-38-24(18(35)21(25)29-2)41-20-15(31-22(36)16(33)5-6-26)9-14(28)19(17(20)34)40-23-13(27)4-3-12(39-23)10-30-7-8-32/h3,13-21,23-24,29-30,32-35,37H,4-11,26-28H2,1-2H3,(H,31,36)/t13-,14+,15-,16?,17+,18-,19-,20+,21-,23-,24-,25+/m1/s1. The number of nitrogens with one attached hydrogen (secondary N) is 3. The lowest BCUT2D eigenvalue weighted by molar-refractivity contribution is -0.304. The van der Waals surface area contributed by atoms with E-state index in [2.05, 4.69) is 16.0 Å². The van der Waals surface area contributed by atoms with Crippen molar-refractivity contribution in [2.24, 2.45) is 17.2 Å². The van der Waals surface area contributed by atoms with Gasteiger partial charge in [0.2, 0.25) is 12.2 Å². The Morgan fingerprint density at radius 2 is 1.90 bits per heavy atom. The third kappa shape index (κ3) is 8.54. The molecule has 0 aromatic carbocycles. The van der Waals surface area contributed by atoms with Gasteiger partial charge in [-0.2, -0.15) is 0 Å². The summed E-state index contributed by atoms with van der Waals surface area (Å²) in [6.07, 6.45) is -6.40. The Bertz CT molecular complexity index is 869. The van der Waals surface area contributed by atoms with Crippen LogP contribution in [0.5, 0.6) is 0 Å². The van der Waals surface area contributed by atoms with Gasteiger partial charge in [-0.3, -0.25) is 4.79 Å². The highest BCUT2D eigenvalue weighted by Gasteiger charge is 2.51. The Morgan fingerprint density at radius 1 is 1.20 bits per heavy atom. The van der Waals surface area contributed by atoms with Crippen molar-refractivity contribution in [1.82, 2.24) is 16.0 Å². The van der Waals surface area contributed by atoms with E-state index in [4.69, 9.17) is 41.3 Å². The number of aliphatic hydroxyl groups is 5. The number of amides is 1. The van der Waals surface area contributed by atoms with Gasteiger partial charge >= 0.3 is 0 Å². The first kappa shape index (κ1) is 34.0. The van der Waals surface area contributed by atoms with E-state index in [1.165, 1.54) is 6.92 Å². The topological polar surface area (TPSA) is 269 Å². The van der Waals surface area contributed by atoms with Crippen molar-refractivity contribution in [2.45, 2.75) is 99.1 Å². The summed E-state index contributed by atoms with van der Waals surface area (Å²) in [6, 6.07) is -3.12. The van der Waals surface area contributed by atoms with Crippen molar-refractivity contribution in [3.8, 4) is 0 Å². The van der Waals surface area contributed by atoms with Gasteiger partial charge in [0.15, 0.2) is 6.29 Å². The molecule has 1 amide bonds. The zero-order valence-corrected chi connectivity index (χ0v) is 23.6. The molecule has 2 heterocycles. The predicted molar refractivity (Wildman–Crippen MR) is 145 cm³/mol. The fourth-order valence-electron chi connectivity index (χ4n) is 5.38. The highest BCUT2D eigenvalue weighted by Crippen LogP contribution is 2.32. The summed E-state index contributed by atoms with van der Waals surface area (Å²) < 4.78 is 23.7. The summed E-state index contributed by atoms with van der Waals surface area (Å²) in [5, 5.41) is 60.7. The SMILES string of the molecule is CN[C@@H]1[C@@H](O)[C@@H](O[C@@H]2[C@@H](O)[C@H](O[C@H]3OC(CNCCO)=CC[C@H]3N)[C@@H](N)C[C@H]2NC(=O)C(O)CCN)OC[C@]1(C)O. The first-order valence-electron chi connectivity index (χ1n) is 14.0. The first-order valence-corrected chi connectivity index (χ1v) is 14.0. The number of likely N-dealkylation sites (N-methyl/N-ethyl adjacent to an activating group) is 1. The minimum absolute atomic E-state index is 0.0216. The van der Waals surface area contributed by atoms with E-state index >= 15 is 0 Å². The van der Waals surface area contributed by atoms with Gasteiger partial charge in [-0.25, -0.2) is 0 Å². The number of rotatable bonds is 13. The molecular formula is C25H48N6O10. The van der Waals surface area contributed by atoms with Crippen LogP contribution >= 0.6 is 0 Å². The summed E-state index contributed by atoms with van der Waals surface area (Å²) in [5.41, 5.74) is 16.7. The maximum Gasteiger partial charge on any atom is 0.249 e. The maximum absolute atomic E-state index is 12.7. The molecule has 1 saturated carbocycles. The molecule has 3 rings (SSSR count). The van der Waals surface area contributed by atoms with Crippen LogP contribution in [-0.4, -0.2) is 144 Å². The molecule has 0 radical (unpaired) electrons. The largest absolute Gasteiger partial charge is 0.467 e. The number of carbonyl (C=O) groups is 1. The van der Waals surface area contributed by atoms with E-state index in [1.54, 1.807) is 7.05 Å². The quantitative estimate of drug-likeness (QED) is 0.0891. The second kappa shape index (κ2) is 15.3. The highest BCUT2D eigenvalue weighted by atomic mass is 16.7. The number of hydrogen-bond acceptors (Lipinski definition) is 15. The Labute approximate surface area is 239 Å². The molecule has 41 heavy (non-hydrogen) atoms. The van der Waals surface area contributed by atoms with Crippen molar-refractivity contribution in [3.63, 3.8) is 0 Å². The number of carbonyl (C=O) groups excluding carboxylic acids is 1.